The molecule has 0 spiro atoms. The van der Waals surface area contributed by atoms with Crippen molar-refractivity contribution in [1.29, 1.82) is 0 Å². The van der Waals surface area contributed by atoms with Crippen LogP contribution in [0.1, 0.15) is 42.8 Å². The van der Waals surface area contributed by atoms with E-state index in [1.165, 1.54) is 0 Å². The summed E-state index contributed by atoms with van der Waals surface area (Å²) in [7, 11) is 0. The fraction of sp³-hybridized carbons (Fsp3) is 0.320. The van der Waals surface area contributed by atoms with E-state index >= 15 is 0 Å². The molecule has 0 aliphatic carbocycles. The van der Waals surface area contributed by atoms with Crippen molar-refractivity contribution in [2.24, 2.45) is 5.92 Å². The van der Waals surface area contributed by atoms with E-state index in [-0.39, 0.29) is 30.5 Å². The molecule has 6 heteroatoms. The van der Waals surface area contributed by atoms with Gasteiger partial charge in [-0.15, -0.1) is 0 Å². The Hall–Kier alpha value is -3.25. The van der Waals surface area contributed by atoms with Gasteiger partial charge < -0.3 is 24.5 Å². The number of ether oxygens (including phenoxy) is 2. The van der Waals surface area contributed by atoms with Crippen molar-refractivity contribution in [3.05, 3.63) is 83.8 Å². The maximum Gasteiger partial charge on any atom is 0.275 e. The second kappa shape index (κ2) is 9.71. The molecule has 0 saturated heterocycles. The van der Waals surface area contributed by atoms with Crippen LogP contribution in [-0.2, 0) is 4.79 Å². The predicted octanol–water partition coefficient (Wildman–Crippen LogP) is 3.22. The van der Waals surface area contributed by atoms with Gasteiger partial charge in [-0.2, -0.15) is 0 Å². The zero-order chi connectivity index (χ0) is 21.6. The zero-order valence-corrected chi connectivity index (χ0v) is 17.9. The number of fused-ring (bicyclic) bond motifs is 1. The number of nitrogens with two attached hydrogens (primary N) is 1. The fourth-order valence-electron chi connectivity index (χ4n) is 3.89. The molecule has 0 radical (unpaired) electrons. The molecular formula is C25H29N2O4+. The molecule has 3 N–H and O–H groups in total. The Balaban J connectivity index is 1.44. The lowest BCUT2D eigenvalue weighted by Gasteiger charge is -2.25. The van der Waals surface area contributed by atoms with Crippen molar-refractivity contribution in [3.63, 3.8) is 0 Å². The van der Waals surface area contributed by atoms with Gasteiger partial charge in [0.15, 0.2) is 29.8 Å². The van der Waals surface area contributed by atoms with Crippen LogP contribution < -0.4 is 20.1 Å². The normalized spacial score (nSPS) is 14.8. The summed E-state index contributed by atoms with van der Waals surface area (Å²) in [6.45, 7) is 5.58. The van der Waals surface area contributed by atoms with Gasteiger partial charge in [-0.05, 0) is 35.7 Å². The predicted molar refractivity (Wildman–Crippen MR) is 117 cm³/mol. The van der Waals surface area contributed by atoms with Crippen LogP contribution >= 0.6 is 0 Å². The summed E-state index contributed by atoms with van der Waals surface area (Å²) in [6.07, 6.45) is 1.66. The van der Waals surface area contributed by atoms with E-state index in [1.54, 1.807) is 6.26 Å². The van der Waals surface area contributed by atoms with Crippen LogP contribution in [0.5, 0.6) is 11.5 Å². The van der Waals surface area contributed by atoms with Gasteiger partial charge in [0.1, 0.15) is 13.2 Å². The first kappa shape index (κ1) is 21.0. The minimum atomic E-state index is -0.115. The summed E-state index contributed by atoms with van der Waals surface area (Å²) in [5.41, 5.74) is 2.11. The molecule has 1 aliphatic rings. The molecule has 3 aromatic rings. The summed E-state index contributed by atoms with van der Waals surface area (Å²) < 4.78 is 17.0. The Morgan fingerprint density at radius 3 is 2.45 bits per heavy atom. The number of nitrogens with one attached hydrogen (secondary N) is 1. The molecular weight excluding hydrogens is 392 g/mol. The average molecular weight is 422 g/mol. The summed E-state index contributed by atoms with van der Waals surface area (Å²) >= 11 is 0. The van der Waals surface area contributed by atoms with Crippen LogP contribution in [0.2, 0.25) is 0 Å². The van der Waals surface area contributed by atoms with E-state index in [0.29, 0.717) is 13.2 Å². The largest absolute Gasteiger partial charge is 0.486 e. The van der Waals surface area contributed by atoms with Gasteiger partial charge in [0.25, 0.3) is 5.91 Å². The molecule has 2 atom stereocenters. The quantitative estimate of drug-likeness (QED) is 0.586. The van der Waals surface area contributed by atoms with Gasteiger partial charge in [-0.25, -0.2) is 0 Å². The van der Waals surface area contributed by atoms with Crippen LogP contribution in [0.15, 0.2) is 71.3 Å². The number of rotatable bonds is 8. The highest BCUT2D eigenvalue weighted by molar-refractivity contribution is 5.77. The summed E-state index contributed by atoms with van der Waals surface area (Å²) in [5.74, 6) is 2.51. The maximum absolute atomic E-state index is 12.9. The number of quaternary nitrogens is 1. The number of hydrogen-bond acceptors (Lipinski definition) is 4. The second-order valence-electron chi connectivity index (χ2n) is 8.04. The van der Waals surface area contributed by atoms with Crippen LogP contribution in [0.3, 0.4) is 0 Å². The molecule has 0 bridgehead atoms. The number of benzene rings is 2. The third kappa shape index (κ3) is 5.09. The molecule has 0 saturated carbocycles. The highest BCUT2D eigenvalue weighted by Crippen LogP contribution is 2.34. The lowest BCUT2D eigenvalue weighted by Crippen LogP contribution is -2.87. The van der Waals surface area contributed by atoms with E-state index in [2.05, 4.69) is 19.2 Å². The van der Waals surface area contributed by atoms with E-state index in [4.69, 9.17) is 13.9 Å². The number of hydrogen-bond donors (Lipinski definition) is 2. The fourth-order valence-corrected chi connectivity index (χ4v) is 3.89. The van der Waals surface area contributed by atoms with Crippen molar-refractivity contribution in [3.8, 4) is 11.5 Å². The molecule has 31 heavy (non-hydrogen) atoms. The van der Waals surface area contributed by atoms with Gasteiger partial charge in [0, 0.05) is 5.56 Å². The van der Waals surface area contributed by atoms with Crippen molar-refractivity contribution >= 4 is 5.91 Å². The highest BCUT2D eigenvalue weighted by Gasteiger charge is 2.25. The van der Waals surface area contributed by atoms with Gasteiger partial charge >= 0.3 is 0 Å². The van der Waals surface area contributed by atoms with E-state index in [1.807, 2.05) is 66.0 Å². The standard InChI is InChI=1S/C25H28N2O4/c1-17(2)24(19-10-11-20-22(15-19)31-14-13-30-20)27-23(28)16-26-25(21-9-6-12-29-21)18-7-4-3-5-8-18/h3-12,15,17,24-26H,13-14,16H2,1-2H3,(H,27,28)/p+1/t24-,25-/m0/s1. The number of carbonyl (C=O) groups is 1. The van der Waals surface area contributed by atoms with Crippen molar-refractivity contribution in [2.45, 2.75) is 25.9 Å². The third-order valence-corrected chi connectivity index (χ3v) is 5.46. The molecule has 1 aliphatic heterocycles. The zero-order valence-electron chi connectivity index (χ0n) is 17.9. The Morgan fingerprint density at radius 2 is 1.74 bits per heavy atom. The molecule has 0 fully saturated rings. The van der Waals surface area contributed by atoms with Crippen molar-refractivity contribution in [2.75, 3.05) is 19.8 Å². The van der Waals surface area contributed by atoms with Crippen LogP contribution in [0, 0.1) is 5.92 Å². The maximum atomic E-state index is 12.9. The second-order valence-corrected chi connectivity index (χ2v) is 8.04. The van der Waals surface area contributed by atoms with Crippen molar-refractivity contribution < 1.29 is 24.0 Å². The van der Waals surface area contributed by atoms with Gasteiger partial charge in [-0.1, -0.05) is 50.2 Å². The number of carbonyl (C=O) groups excluding carboxylic acids is 1. The smallest absolute Gasteiger partial charge is 0.275 e. The summed E-state index contributed by atoms with van der Waals surface area (Å²) in [4.78, 5) is 12.9. The molecule has 1 amide bonds. The Morgan fingerprint density at radius 1 is 0.968 bits per heavy atom. The van der Waals surface area contributed by atoms with E-state index < -0.39 is 0 Å². The molecule has 2 aromatic carbocycles. The lowest BCUT2D eigenvalue weighted by molar-refractivity contribution is -0.678. The van der Waals surface area contributed by atoms with E-state index in [0.717, 1.165) is 28.4 Å². The minimum absolute atomic E-state index is 0.0268. The topological polar surface area (TPSA) is 77.3 Å². The average Bonchev–Trinajstić information content (AvgIpc) is 3.32. The number of furan rings is 1. The monoisotopic (exact) mass is 421 g/mol. The van der Waals surface area contributed by atoms with Gasteiger partial charge in [-0.3, -0.25) is 4.79 Å². The highest BCUT2D eigenvalue weighted by atomic mass is 16.6. The number of amides is 1. The first-order chi connectivity index (χ1) is 15.1. The first-order valence-corrected chi connectivity index (χ1v) is 10.7. The Kier molecular flexibility index (Phi) is 6.57. The Bertz CT molecular complexity index is 986. The van der Waals surface area contributed by atoms with Crippen molar-refractivity contribution in [1.82, 2.24) is 5.32 Å². The first-order valence-electron chi connectivity index (χ1n) is 10.7. The third-order valence-electron chi connectivity index (χ3n) is 5.46. The molecule has 1 aromatic heterocycles. The van der Waals surface area contributed by atoms with Gasteiger partial charge in [0.05, 0.1) is 12.3 Å². The van der Waals surface area contributed by atoms with Crippen LogP contribution in [-0.4, -0.2) is 25.7 Å². The Labute approximate surface area is 182 Å². The van der Waals surface area contributed by atoms with Gasteiger partial charge in [0.2, 0.25) is 0 Å². The molecule has 0 unspecified atom stereocenters. The molecule has 162 valence electrons. The summed E-state index contributed by atoms with van der Waals surface area (Å²) in [6, 6.07) is 19.6. The SMILES string of the molecule is CC(C)[C@H](NC(=O)C[NH2+][C@@H](c1ccccc1)c1ccco1)c1ccc2c(c1)OCCO2. The lowest BCUT2D eigenvalue weighted by atomic mass is 9.95. The summed E-state index contributed by atoms with van der Waals surface area (Å²) in [5, 5.41) is 5.20. The molecule has 2 heterocycles. The van der Waals surface area contributed by atoms with Crippen LogP contribution in [0.4, 0.5) is 0 Å². The van der Waals surface area contributed by atoms with E-state index in [9.17, 15) is 4.79 Å². The molecule has 4 rings (SSSR count). The minimum Gasteiger partial charge on any atom is -0.486 e. The van der Waals surface area contributed by atoms with Crippen LogP contribution in [0.25, 0.3) is 0 Å². The molecule has 6 nitrogen and oxygen atoms in total.